The van der Waals surface area contributed by atoms with Crippen molar-refractivity contribution in [3.63, 3.8) is 0 Å². The molecule has 0 saturated carbocycles. The Kier molecular flexibility index (Phi) is 3.38. The lowest BCUT2D eigenvalue weighted by atomic mass is 10.1. The van der Waals surface area contributed by atoms with Gasteiger partial charge in [0.1, 0.15) is 0 Å². The fraction of sp³-hybridized carbons (Fsp3) is 0.444. The molecule has 2 N–H and O–H groups in total. The molecular weight excluding hydrogens is 152 g/mol. The van der Waals surface area contributed by atoms with Crippen molar-refractivity contribution in [2.45, 2.75) is 12.8 Å². The van der Waals surface area contributed by atoms with Gasteiger partial charge < -0.3 is 10.6 Å². The number of rotatable bonds is 2. The predicted octanol–water partition coefficient (Wildman–Crippen LogP) is 1.19. The molecule has 0 aliphatic heterocycles. The van der Waals surface area contributed by atoms with E-state index in [1.165, 1.54) is 5.57 Å². The maximum absolute atomic E-state index is 10.8. The first-order valence-electron chi connectivity index (χ1n) is 4.13. The standard InChI is InChI=1S/C9H14N2O/c1-10-9(12)11-7-8-5-3-2-4-6-8/h2-3,5H,4,6-7H2,1H3,(H2,10,11,12). The molecule has 0 saturated heterocycles. The molecule has 1 rings (SSSR count). The molecule has 0 aromatic heterocycles. The van der Waals surface area contributed by atoms with Crippen LogP contribution >= 0.6 is 0 Å². The molecule has 66 valence electrons. The van der Waals surface area contributed by atoms with Crippen molar-refractivity contribution in [2.75, 3.05) is 13.6 Å². The van der Waals surface area contributed by atoms with E-state index in [1.54, 1.807) is 7.05 Å². The zero-order valence-corrected chi connectivity index (χ0v) is 7.26. The summed E-state index contributed by atoms with van der Waals surface area (Å²) in [4.78, 5) is 10.8. The largest absolute Gasteiger partial charge is 0.341 e. The van der Waals surface area contributed by atoms with Crippen molar-refractivity contribution in [3.8, 4) is 0 Å². The van der Waals surface area contributed by atoms with Crippen LogP contribution < -0.4 is 10.6 Å². The average Bonchev–Trinajstić information content (AvgIpc) is 2.16. The number of carbonyl (C=O) groups excluding carboxylic acids is 1. The molecule has 3 heteroatoms. The quantitative estimate of drug-likeness (QED) is 0.635. The van der Waals surface area contributed by atoms with Gasteiger partial charge in [0.25, 0.3) is 0 Å². The molecule has 12 heavy (non-hydrogen) atoms. The van der Waals surface area contributed by atoms with Crippen LogP contribution in [-0.4, -0.2) is 19.6 Å². The molecule has 0 fully saturated rings. The van der Waals surface area contributed by atoms with Gasteiger partial charge in [-0.2, -0.15) is 0 Å². The van der Waals surface area contributed by atoms with Crippen LogP contribution in [0.4, 0.5) is 4.79 Å². The number of urea groups is 1. The molecule has 3 nitrogen and oxygen atoms in total. The van der Waals surface area contributed by atoms with Gasteiger partial charge in [-0.3, -0.25) is 0 Å². The molecular formula is C9H14N2O. The Hall–Kier alpha value is -1.25. The molecule has 0 bridgehead atoms. The minimum atomic E-state index is -0.120. The molecule has 0 radical (unpaired) electrons. The molecule has 2 amide bonds. The lowest BCUT2D eigenvalue weighted by Gasteiger charge is -2.09. The topological polar surface area (TPSA) is 41.1 Å². The van der Waals surface area contributed by atoms with E-state index < -0.39 is 0 Å². The second-order valence-electron chi connectivity index (χ2n) is 2.72. The van der Waals surface area contributed by atoms with Crippen molar-refractivity contribution >= 4 is 6.03 Å². The van der Waals surface area contributed by atoms with Gasteiger partial charge in [-0.05, 0) is 12.8 Å². The zero-order valence-electron chi connectivity index (χ0n) is 7.26. The highest BCUT2D eigenvalue weighted by molar-refractivity contribution is 5.73. The van der Waals surface area contributed by atoms with E-state index in [1.807, 2.05) is 6.08 Å². The van der Waals surface area contributed by atoms with Crippen LogP contribution in [0.2, 0.25) is 0 Å². The first kappa shape index (κ1) is 8.84. The molecule has 1 aliphatic rings. The fourth-order valence-corrected chi connectivity index (χ4v) is 1.08. The average molecular weight is 166 g/mol. The summed E-state index contributed by atoms with van der Waals surface area (Å²) in [5, 5.41) is 5.26. The van der Waals surface area contributed by atoms with Gasteiger partial charge in [-0.1, -0.05) is 23.8 Å². The number of allylic oxidation sites excluding steroid dienone is 3. The second kappa shape index (κ2) is 4.59. The highest BCUT2D eigenvalue weighted by atomic mass is 16.2. The lowest BCUT2D eigenvalue weighted by molar-refractivity contribution is 0.243. The van der Waals surface area contributed by atoms with E-state index in [9.17, 15) is 4.79 Å². The minimum Gasteiger partial charge on any atom is -0.341 e. The third kappa shape index (κ3) is 2.78. The normalized spacial score (nSPS) is 15.2. The fourth-order valence-electron chi connectivity index (χ4n) is 1.08. The SMILES string of the molecule is CNC(=O)NCC1=CC=CCC1. The van der Waals surface area contributed by atoms with Crippen LogP contribution in [0.3, 0.4) is 0 Å². The van der Waals surface area contributed by atoms with Crippen LogP contribution in [0.1, 0.15) is 12.8 Å². The Bertz CT molecular complexity index is 219. The first-order valence-corrected chi connectivity index (χ1v) is 4.13. The summed E-state index contributed by atoms with van der Waals surface area (Å²) in [5.41, 5.74) is 1.28. The van der Waals surface area contributed by atoms with Crippen molar-refractivity contribution in [1.82, 2.24) is 10.6 Å². The van der Waals surface area contributed by atoms with Gasteiger partial charge >= 0.3 is 6.03 Å². The minimum absolute atomic E-state index is 0.120. The van der Waals surface area contributed by atoms with Crippen LogP contribution in [0.25, 0.3) is 0 Å². The van der Waals surface area contributed by atoms with Gasteiger partial charge in [0.2, 0.25) is 0 Å². The van der Waals surface area contributed by atoms with Crippen molar-refractivity contribution in [2.24, 2.45) is 0 Å². The molecule has 1 aliphatic carbocycles. The molecule has 0 aromatic rings. The molecule has 0 aromatic carbocycles. The Morgan fingerprint density at radius 2 is 2.50 bits per heavy atom. The maximum Gasteiger partial charge on any atom is 0.314 e. The smallest absolute Gasteiger partial charge is 0.314 e. The van der Waals surface area contributed by atoms with Crippen LogP contribution in [0, 0.1) is 0 Å². The Balaban J connectivity index is 2.27. The van der Waals surface area contributed by atoms with Gasteiger partial charge in [0.15, 0.2) is 0 Å². The lowest BCUT2D eigenvalue weighted by Crippen LogP contribution is -2.34. The third-order valence-electron chi connectivity index (χ3n) is 1.80. The van der Waals surface area contributed by atoms with Gasteiger partial charge in [0.05, 0.1) is 0 Å². The van der Waals surface area contributed by atoms with Crippen molar-refractivity contribution < 1.29 is 4.79 Å². The van der Waals surface area contributed by atoms with E-state index in [0.29, 0.717) is 6.54 Å². The summed E-state index contributed by atoms with van der Waals surface area (Å²) in [7, 11) is 1.62. The number of nitrogens with one attached hydrogen (secondary N) is 2. The molecule has 0 unspecified atom stereocenters. The molecule has 0 spiro atoms. The summed E-state index contributed by atoms with van der Waals surface area (Å²) in [6.07, 6.45) is 8.36. The number of hydrogen-bond acceptors (Lipinski definition) is 1. The van der Waals surface area contributed by atoms with Gasteiger partial charge in [0, 0.05) is 13.6 Å². The summed E-state index contributed by atoms with van der Waals surface area (Å²) in [6, 6.07) is -0.120. The molecule has 0 heterocycles. The summed E-state index contributed by atoms with van der Waals surface area (Å²) in [6.45, 7) is 0.657. The number of carbonyl (C=O) groups is 1. The Labute approximate surface area is 72.5 Å². The Morgan fingerprint density at radius 3 is 3.08 bits per heavy atom. The summed E-state index contributed by atoms with van der Waals surface area (Å²) in [5.74, 6) is 0. The van der Waals surface area contributed by atoms with Gasteiger partial charge in [-0.25, -0.2) is 4.79 Å². The first-order chi connectivity index (χ1) is 5.83. The maximum atomic E-state index is 10.8. The monoisotopic (exact) mass is 166 g/mol. The van der Waals surface area contributed by atoms with Crippen LogP contribution in [0.5, 0.6) is 0 Å². The van der Waals surface area contributed by atoms with Gasteiger partial charge in [-0.15, -0.1) is 0 Å². The van der Waals surface area contributed by atoms with Crippen LogP contribution in [0.15, 0.2) is 23.8 Å². The Morgan fingerprint density at radius 1 is 1.67 bits per heavy atom. The second-order valence-corrected chi connectivity index (χ2v) is 2.72. The number of hydrogen-bond donors (Lipinski definition) is 2. The number of amides is 2. The van der Waals surface area contributed by atoms with E-state index in [0.717, 1.165) is 12.8 Å². The van der Waals surface area contributed by atoms with E-state index >= 15 is 0 Å². The van der Waals surface area contributed by atoms with Crippen molar-refractivity contribution in [3.05, 3.63) is 23.8 Å². The highest BCUT2D eigenvalue weighted by Crippen LogP contribution is 2.09. The van der Waals surface area contributed by atoms with Crippen molar-refractivity contribution in [1.29, 1.82) is 0 Å². The predicted molar refractivity (Wildman–Crippen MR) is 48.9 cm³/mol. The van der Waals surface area contributed by atoms with E-state index in [-0.39, 0.29) is 6.03 Å². The highest BCUT2D eigenvalue weighted by Gasteiger charge is 2.00. The summed E-state index contributed by atoms with van der Waals surface area (Å²) < 4.78 is 0. The summed E-state index contributed by atoms with van der Waals surface area (Å²) >= 11 is 0. The van der Waals surface area contributed by atoms with E-state index in [2.05, 4.69) is 22.8 Å². The third-order valence-corrected chi connectivity index (χ3v) is 1.80. The van der Waals surface area contributed by atoms with Crippen LogP contribution in [-0.2, 0) is 0 Å². The zero-order chi connectivity index (χ0) is 8.81. The molecule has 0 atom stereocenters. The van der Waals surface area contributed by atoms with E-state index in [4.69, 9.17) is 0 Å².